The standard InChI is InChI=1S/C23H13N3O6/c24-11-15-19(18-10-9-16(30-18)12-5-7-13(8-6-12)26(28)29)20-21(32-22(15)25)14-3-1-2-4-17(14)31-23(20)27/h1-10,19H,25H2/t19-/m1/s1. The number of nitro benzene ring substituents is 1. The lowest BCUT2D eigenvalue weighted by Crippen LogP contribution is -2.26. The van der Waals surface area contributed by atoms with Gasteiger partial charge in [-0.05, 0) is 36.4 Å². The number of furan rings is 1. The SMILES string of the molecule is N#CC1=C(N)Oc2c(c(=O)oc3ccccc23)[C@H]1c1ccc(-c2ccc([N+](=O)[O-])cc2)o1. The van der Waals surface area contributed by atoms with Crippen LogP contribution in [0.15, 0.2) is 85.7 Å². The van der Waals surface area contributed by atoms with Gasteiger partial charge in [-0.3, -0.25) is 10.1 Å². The minimum absolute atomic E-state index is 0.0182. The van der Waals surface area contributed by atoms with Crippen molar-refractivity contribution in [2.24, 2.45) is 5.73 Å². The van der Waals surface area contributed by atoms with Crippen LogP contribution in [0.4, 0.5) is 5.69 Å². The summed E-state index contributed by atoms with van der Waals surface area (Å²) in [5.41, 5.74) is 6.36. The predicted octanol–water partition coefficient (Wildman–Crippen LogP) is 4.18. The fourth-order valence-electron chi connectivity index (χ4n) is 3.76. The van der Waals surface area contributed by atoms with Crippen molar-refractivity contribution < 1.29 is 18.5 Å². The summed E-state index contributed by atoms with van der Waals surface area (Å²) in [5, 5.41) is 21.1. The summed E-state index contributed by atoms with van der Waals surface area (Å²) in [5.74, 6) is -0.161. The number of allylic oxidation sites excluding steroid dienone is 1. The second-order valence-electron chi connectivity index (χ2n) is 7.06. The van der Waals surface area contributed by atoms with Gasteiger partial charge in [0, 0.05) is 17.7 Å². The number of nitrogens with zero attached hydrogens (tertiary/aromatic N) is 2. The summed E-state index contributed by atoms with van der Waals surface area (Å²) < 4.78 is 17.1. The Hall–Kier alpha value is -4.84. The minimum Gasteiger partial charge on any atom is -0.460 e. The zero-order valence-electron chi connectivity index (χ0n) is 16.3. The predicted molar refractivity (Wildman–Crippen MR) is 113 cm³/mol. The number of fused-ring (bicyclic) bond motifs is 3. The van der Waals surface area contributed by atoms with Gasteiger partial charge in [0.1, 0.15) is 28.7 Å². The molecule has 2 aromatic carbocycles. The van der Waals surface area contributed by atoms with Crippen LogP contribution in [0.5, 0.6) is 5.75 Å². The molecule has 1 aliphatic heterocycles. The highest BCUT2D eigenvalue weighted by Gasteiger charge is 2.37. The Morgan fingerprint density at radius 3 is 2.50 bits per heavy atom. The lowest BCUT2D eigenvalue weighted by atomic mass is 9.87. The molecule has 2 N–H and O–H groups in total. The average molecular weight is 427 g/mol. The third kappa shape index (κ3) is 2.90. The number of hydrogen-bond acceptors (Lipinski definition) is 8. The van der Waals surface area contributed by atoms with E-state index < -0.39 is 16.5 Å². The Labute approximate surface area is 179 Å². The second kappa shape index (κ2) is 7.14. The van der Waals surface area contributed by atoms with Crippen molar-refractivity contribution in [3.8, 4) is 23.1 Å². The van der Waals surface area contributed by atoms with Gasteiger partial charge in [-0.1, -0.05) is 12.1 Å². The molecule has 9 nitrogen and oxygen atoms in total. The van der Waals surface area contributed by atoms with Crippen LogP contribution >= 0.6 is 0 Å². The molecule has 0 spiro atoms. The fourth-order valence-corrected chi connectivity index (χ4v) is 3.76. The summed E-state index contributed by atoms with van der Waals surface area (Å²) in [4.78, 5) is 23.3. The van der Waals surface area contributed by atoms with E-state index in [9.17, 15) is 20.2 Å². The summed E-state index contributed by atoms with van der Waals surface area (Å²) in [6.45, 7) is 0. The first-order valence-electron chi connectivity index (χ1n) is 9.46. The van der Waals surface area contributed by atoms with Crippen molar-refractivity contribution in [2.75, 3.05) is 0 Å². The Balaban J connectivity index is 1.67. The molecule has 5 rings (SSSR count). The molecular formula is C23H13N3O6. The largest absolute Gasteiger partial charge is 0.460 e. The zero-order chi connectivity index (χ0) is 22.4. The minimum atomic E-state index is -0.934. The highest BCUT2D eigenvalue weighted by atomic mass is 16.6. The van der Waals surface area contributed by atoms with E-state index >= 15 is 0 Å². The summed E-state index contributed by atoms with van der Waals surface area (Å²) in [7, 11) is 0. The van der Waals surface area contributed by atoms with Crippen LogP contribution in [0.2, 0.25) is 0 Å². The van der Waals surface area contributed by atoms with E-state index in [0.29, 0.717) is 22.3 Å². The molecule has 3 heterocycles. The van der Waals surface area contributed by atoms with Crippen molar-refractivity contribution in [1.29, 1.82) is 5.26 Å². The first kappa shape index (κ1) is 19.1. The Bertz CT molecular complexity index is 1520. The molecule has 0 unspecified atom stereocenters. The van der Waals surface area contributed by atoms with Crippen molar-refractivity contribution in [3.63, 3.8) is 0 Å². The van der Waals surface area contributed by atoms with Crippen molar-refractivity contribution in [1.82, 2.24) is 0 Å². The van der Waals surface area contributed by atoms with Gasteiger partial charge in [0.05, 0.1) is 21.8 Å². The topological polar surface area (TPSA) is 146 Å². The molecule has 0 aliphatic carbocycles. The molecule has 4 aromatic rings. The molecule has 0 radical (unpaired) electrons. The number of non-ortho nitro benzene ring substituents is 1. The Morgan fingerprint density at radius 2 is 1.78 bits per heavy atom. The number of benzene rings is 2. The van der Waals surface area contributed by atoms with E-state index in [1.54, 1.807) is 48.5 Å². The molecule has 32 heavy (non-hydrogen) atoms. The molecule has 156 valence electrons. The van der Waals surface area contributed by atoms with Crippen LogP contribution in [0.1, 0.15) is 17.2 Å². The summed E-state index contributed by atoms with van der Waals surface area (Å²) >= 11 is 0. The molecule has 2 aromatic heterocycles. The van der Waals surface area contributed by atoms with Gasteiger partial charge < -0.3 is 19.3 Å². The highest BCUT2D eigenvalue weighted by molar-refractivity contribution is 5.85. The first-order chi connectivity index (χ1) is 15.5. The Kier molecular flexibility index (Phi) is 4.27. The van der Waals surface area contributed by atoms with E-state index in [1.165, 1.54) is 12.1 Å². The summed E-state index contributed by atoms with van der Waals surface area (Å²) in [6, 6.07) is 17.9. The maximum absolute atomic E-state index is 12.9. The molecule has 9 heteroatoms. The molecule has 0 saturated heterocycles. The normalized spacial score (nSPS) is 15.2. The van der Waals surface area contributed by atoms with Crippen LogP contribution in [0.25, 0.3) is 22.3 Å². The molecular weight excluding hydrogens is 414 g/mol. The molecule has 0 bridgehead atoms. The van der Waals surface area contributed by atoms with Crippen LogP contribution in [0, 0.1) is 21.4 Å². The van der Waals surface area contributed by atoms with E-state index in [4.69, 9.17) is 19.3 Å². The number of nitrogens with two attached hydrogens (primary N) is 1. The van der Waals surface area contributed by atoms with Crippen molar-refractivity contribution >= 4 is 16.7 Å². The van der Waals surface area contributed by atoms with Gasteiger partial charge in [-0.15, -0.1) is 0 Å². The fraction of sp³-hybridized carbons (Fsp3) is 0.0435. The molecule has 0 amide bonds. The summed E-state index contributed by atoms with van der Waals surface area (Å²) in [6.07, 6.45) is 0. The van der Waals surface area contributed by atoms with E-state index in [2.05, 4.69) is 0 Å². The number of nitro groups is 1. The number of hydrogen-bond donors (Lipinski definition) is 1. The molecule has 0 saturated carbocycles. The number of nitriles is 1. The first-order valence-corrected chi connectivity index (χ1v) is 9.46. The zero-order valence-corrected chi connectivity index (χ0v) is 16.3. The van der Waals surface area contributed by atoms with Crippen LogP contribution in [0.3, 0.4) is 0 Å². The van der Waals surface area contributed by atoms with Crippen LogP contribution in [-0.4, -0.2) is 4.92 Å². The Morgan fingerprint density at radius 1 is 1.03 bits per heavy atom. The van der Waals surface area contributed by atoms with Crippen molar-refractivity contribution in [3.05, 3.63) is 104 Å². The average Bonchev–Trinajstić information content (AvgIpc) is 3.28. The number of rotatable bonds is 3. The highest BCUT2D eigenvalue weighted by Crippen LogP contribution is 2.44. The second-order valence-corrected chi connectivity index (χ2v) is 7.06. The third-order valence-electron chi connectivity index (χ3n) is 5.25. The molecule has 0 fully saturated rings. The number of ether oxygens (including phenoxy) is 1. The maximum atomic E-state index is 12.9. The lowest BCUT2D eigenvalue weighted by Gasteiger charge is -2.24. The third-order valence-corrected chi connectivity index (χ3v) is 5.25. The lowest BCUT2D eigenvalue weighted by molar-refractivity contribution is -0.384. The van der Waals surface area contributed by atoms with E-state index in [0.717, 1.165) is 0 Å². The van der Waals surface area contributed by atoms with Gasteiger partial charge in [0.25, 0.3) is 5.69 Å². The smallest absolute Gasteiger partial charge is 0.344 e. The van der Waals surface area contributed by atoms with E-state index in [-0.39, 0.29) is 34.2 Å². The molecule has 1 aliphatic rings. The maximum Gasteiger partial charge on any atom is 0.344 e. The van der Waals surface area contributed by atoms with Gasteiger partial charge in [-0.2, -0.15) is 5.26 Å². The van der Waals surface area contributed by atoms with E-state index in [1.807, 2.05) is 6.07 Å². The monoisotopic (exact) mass is 427 g/mol. The van der Waals surface area contributed by atoms with Gasteiger partial charge in [0.15, 0.2) is 5.75 Å². The number of para-hydroxylation sites is 1. The van der Waals surface area contributed by atoms with Gasteiger partial charge in [-0.25, -0.2) is 4.79 Å². The van der Waals surface area contributed by atoms with Crippen LogP contribution < -0.4 is 16.1 Å². The van der Waals surface area contributed by atoms with Gasteiger partial charge in [0.2, 0.25) is 5.88 Å². The van der Waals surface area contributed by atoms with Crippen molar-refractivity contribution in [2.45, 2.75) is 5.92 Å². The van der Waals surface area contributed by atoms with Gasteiger partial charge >= 0.3 is 5.63 Å². The van der Waals surface area contributed by atoms with Crippen LogP contribution in [-0.2, 0) is 0 Å². The quantitative estimate of drug-likeness (QED) is 0.291. The molecule has 1 atom stereocenters.